The van der Waals surface area contributed by atoms with E-state index in [4.69, 9.17) is 4.74 Å². The van der Waals surface area contributed by atoms with Crippen molar-refractivity contribution in [3.05, 3.63) is 5.01 Å². The minimum Gasteiger partial charge on any atom is -0.383 e. The monoisotopic (exact) mass is 367 g/mol. The third kappa shape index (κ3) is 5.62. The second kappa shape index (κ2) is 9.45. The van der Waals surface area contributed by atoms with E-state index in [1.807, 2.05) is 0 Å². The fourth-order valence-electron chi connectivity index (χ4n) is 3.68. The summed E-state index contributed by atoms with van der Waals surface area (Å²) in [5.74, 6) is 1.04. The second-order valence-corrected chi connectivity index (χ2v) is 8.07. The van der Waals surface area contributed by atoms with E-state index >= 15 is 0 Å². The number of rotatable bonds is 7. The number of carbonyl (C=O) groups is 1. The van der Waals surface area contributed by atoms with Crippen LogP contribution in [0.15, 0.2) is 0 Å². The highest BCUT2D eigenvalue weighted by Gasteiger charge is 2.23. The lowest BCUT2D eigenvalue weighted by molar-refractivity contribution is 0.159. The van der Waals surface area contributed by atoms with Crippen molar-refractivity contribution in [1.82, 2.24) is 20.4 Å². The normalized spacial score (nSPS) is 22.2. The van der Waals surface area contributed by atoms with Gasteiger partial charge in [-0.1, -0.05) is 30.6 Å². The van der Waals surface area contributed by atoms with Crippen molar-refractivity contribution in [2.75, 3.05) is 45.2 Å². The number of carbonyl (C=O) groups excluding carboxylic acids is 1. The first-order valence-electron chi connectivity index (χ1n) is 9.34. The van der Waals surface area contributed by atoms with Gasteiger partial charge in [0.1, 0.15) is 5.01 Å². The van der Waals surface area contributed by atoms with E-state index in [1.54, 1.807) is 7.11 Å². The van der Waals surface area contributed by atoms with E-state index in [0.29, 0.717) is 23.5 Å². The molecule has 2 fully saturated rings. The molecule has 2 N–H and O–H groups in total. The standard InChI is InChI=1S/C17H29N5O2S/c1-24-10-9-22-8-7-13(12-22)11-18-16(23)19-17-21-20-15(25-17)14-5-3-2-4-6-14/h13-14H,2-12H2,1H3,(H2,18,19,21,23)/t13-/m0/s1. The van der Waals surface area contributed by atoms with Crippen LogP contribution in [0.3, 0.4) is 0 Å². The molecule has 1 saturated heterocycles. The number of aromatic nitrogens is 2. The number of hydrogen-bond acceptors (Lipinski definition) is 6. The maximum atomic E-state index is 12.1. The average molecular weight is 368 g/mol. The van der Waals surface area contributed by atoms with Gasteiger partial charge < -0.3 is 15.0 Å². The van der Waals surface area contributed by atoms with E-state index < -0.39 is 0 Å². The number of nitrogens with zero attached hydrogens (tertiary/aromatic N) is 3. The molecular weight excluding hydrogens is 338 g/mol. The van der Waals surface area contributed by atoms with Crippen molar-refractivity contribution < 1.29 is 9.53 Å². The van der Waals surface area contributed by atoms with Gasteiger partial charge in [0.15, 0.2) is 0 Å². The van der Waals surface area contributed by atoms with Crippen molar-refractivity contribution >= 4 is 22.5 Å². The third-order valence-electron chi connectivity index (χ3n) is 5.15. The Labute approximate surface area is 153 Å². The van der Waals surface area contributed by atoms with Crippen LogP contribution in [0, 0.1) is 5.92 Å². The van der Waals surface area contributed by atoms with E-state index in [0.717, 1.165) is 37.7 Å². The zero-order valence-electron chi connectivity index (χ0n) is 15.0. The highest BCUT2D eigenvalue weighted by Crippen LogP contribution is 2.35. The van der Waals surface area contributed by atoms with Gasteiger partial charge in [-0.15, -0.1) is 10.2 Å². The summed E-state index contributed by atoms with van der Waals surface area (Å²) in [5.41, 5.74) is 0. The number of nitrogens with one attached hydrogen (secondary N) is 2. The molecule has 0 bridgehead atoms. The number of urea groups is 1. The predicted molar refractivity (Wildman–Crippen MR) is 99.2 cm³/mol. The summed E-state index contributed by atoms with van der Waals surface area (Å²) in [6.07, 6.45) is 7.39. The molecule has 0 radical (unpaired) electrons. The molecule has 1 atom stereocenters. The molecule has 0 unspecified atom stereocenters. The van der Waals surface area contributed by atoms with Crippen LogP contribution in [-0.2, 0) is 4.74 Å². The molecule has 1 aliphatic heterocycles. The Kier molecular flexibility index (Phi) is 7.01. The molecule has 2 heterocycles. The molecule has 0 spiro atoms. The first-order valence-corrected chi connectivity index (χ1v) is 10.2. The molecule has 1 aliphatic carbocycles. The maximum absolute atomic E-state index is 12.1. The second-order valence-electron chi connectivity index (χ2n) is 7.06. The predicted octanol–water partition coefficient (Wildman–Crippen LogP) is 2.68. The highest BCUT2D eigenvalue weighted by molar-refractivity contribution is 7.15. The molecule has 1 aromatic rings. The summed E-state index contributed by atoms with van der Waals surface area (Å²) in [7, 11) is 1.73. The van der Waals surface area contributed by atoms with Gasteiger partial charge >= 0.3 is 6.03 Å². The van der Waals surface area contributed by atoms with Gasteiger partial charge in [0.2, 0.25) is 5.13 Å². The van der Waals surface area contributed by atoms with Gasteiger partial charge in [-0.05, 0) is 31.7 Å². The van der Waals surface area contributed by atoms with Crippen molar-refractivity contribution in [3.63, 3.8) is 0 Å². The van der Waals surface area contributed by atoms with Gasteiger partial charge in [0.25, 0.3) is 0 Å². The first kappa shape index (κ1) is 18.5. The van der Waals surface area contributed by atoms with Crippen LogP contribution in [0.1, 0.15) is 49.5 Å². The summed E-state index contributed by atoms with van der Waals surface area (Å²) < 4.78 is 5.12. The SMILES string of the molecule is COCCN1CC[C@@H](CNC(=O)Nc2nnc(C3CCCCC3)s2)C1. The smallest absolute Gasteiger partial charge is 0.321 e. The lowest BCUT2D eigenvalue weighted by Crippen LogP contribution is -2.34. The van der Waals surface area contributed by atoms with Crippen molar-refractivity contribution in [2.45, 2.75) is 44.4 Å². The molecule has 25 heavy (non-hydrogen) atoms. The van der Waals surface area contributed by atoms with Crippen LogP contribution in [0.25, 0.3) is 0 Å². The Hall–Kier alpha value is -1.25. The van der Waals surface area contributed by atoms with Crippen LogP contribution in [-0.4, -0.2) is 61.0 Å². The molecule has 0 aromatic carbocycles. The number of anilines is 1. The molecular formula is C17H29N5O2S. The van der Waals surface area contributed by atoms with E-state index in [9.17, 15) is 4.79 Å². The first-order chi connectivity index (χ1) is 12.2. The van der Waals surface area contributed by atoms with Crippen molar-refractivity contribution in [1.29, 1.82) is 0 Å². The van der Waals surface area contributed by atoms with Gasteiger partial charge in [0.05, 0.1) is 6.61 Å². The Morgan fingerprint density at radius 3 is 2.92 bits per heavy atom. The van der Waals surface area contributed by atoms with Gasteiger partial charge in [-0.25, -0.2) is 4.79 Å². The number of ether oxygens (including phenoxy) is 1. The number of likely N-dealkylation sites (tertiary alicyclic amines) is 1. The van der Waals surface area contributed by atoms with Crippen LogP contribution in [0.2, 0.25) is 0 Å². The number of hydrogen-bond donors (Lipinski definition) is 2. The summed E-state index contributed by atoms with van der Waals surface area (Å²) in [5, 5.41) is 15.9. The van der Waals surface area contributed by atoms with Crippen LogP contribution < -0.4 is 10.6 Å². The van der Waals surface area contributed by atoms with Crippen molar-refractivity contribution in [2.24, 2.45) is 5.92 Å². The summed E-state index contributed by atoms with van der Waals surface area (Å²) >= 11 is 1.52. The molecule has 140 valence electrons. The summed E-state index contributed by atoms with van der Waals surface area (Å²) in [4.78, 5) is 14.5. The lowest BCUT2D eigenvalue weighted by atomic mass is 9.90. The molecule has 1 aromatic heterocycles. The van der Waals surface area contributed by atoms with Gasteiger partial charge in [-0.2, -0.15) is 0 Å². The van der Waals surface area contributed by atoms with Crippen LogP contribution in [0.5, 0.6) is 0 Å². The van der Waals surface area contributed by atoms with E-state index in [2.05, 4.69) is 25.7 Å². The molecule has 7 nitrogen and oxygen atoms in total. The Morgan fingerprint density at radius 2 is 2.12 bits per heavy atom. The molecule has 8 heteroatoms. The fourth-order valence-corrected chi connectivity index (χ4v) is 4.59. The average Bonchev–Trinajstić information content (AvgIpc) is 3.28. The minimum absolute atomic E-state index is 0.179. The summed E-state index contributed by atoms with van der Waals surface area (Å²) in [6, 6.07) is -0.179. The van der Waals surface area contributed by atoms with Gasteiger partial charge in [-0.3, -0.25) is 5.32 Å². The minimum atomic E-state index is -0.179. The quantitative estimate of drug-likeness (QED) is 0.774. The third-order valence-corrected chi connectivity index (χ3v) is 6.15. The van der Waals surface area contributed by atoms with E-state index in [1.165, 1.54) is 43.4 Å². The largest absolute Gasteiger partial charge is 0.383 e. The Morgan fingerprint density at radius 1 is 1.28 bits per heavy atom. The molecule has 2 aliphatic rings. The fraction of sp³-hybridized carbons (Fsp3) is 0.824. The summed E-state index contributed by atoms with van der Waals surface area (Å²) in [6.45, 7) is 4.53. The lowest BCUT2D eigenvalue weighted by Gasteiger charge is -2.18. The van der Waals surface area contributed by atoms with Crippen LogP contribution in [0.4, 0.5) is 9.93 Å². The molecule has 3 rings (SSSR count). The zero-order valence-corrected chi connectivity index (χ0v) is 15.8. The van der Waals surface area contributed by atoms with Crippen molar-refractivity contribution in [3.8, 4) is 0 Å². The van der Waals surface area contributed by atoms with Crippen LogP contribution >= 0.6 is 11.3 Å². The maximum Gasteiger partial charge on any atom is 0.321 e. The molecule has 1 saturated carbocycles. The zero-order chi connectivity index (χ0) is 17.5. The Balaban J connectivity index is 1.37. The highest BCUT2D eigenvalue weighted by atomic mass is 32.1. The van der Waals surface area contributed by atoms with E-state index in [-0.39, 0.29) is 6.03 Å². The molecule has 2 amide bonds. The topological polar surface area (TPSA) is 79.4 Å². The number of amides is 2. The number of methoxy groups -OCH3 is 1. The Bertz CT molecular complexity index is 547. The van der Waals surface area contributed by atoms with Gasteiger partial charge in [0, 0.05) is 32.7 Å².